The van der Waals surface area contributed by atoms with Crippen molar-refractivity contribution in [2.45, 2.75) is 45.3 Å². The van der Waals surface area contributed by atoms with Crippen LogP contribution in [0.25, 0.3) is 10.1 Å². The number of alkyl carbamates (subject to hydrolysis) is 1. The highest BCUT2D eigenvalue weighted by Crippen LogP contribution is 2.33. The molecule has 1 aromatic carbocycles. The summed E-state index contributed by atoms with van der Waals surface area (Å²) in [4.78, 5) is 14.2. The summed E-state index contributed by atoms with van der Waals surface area (Å²) < 4.78 is 11.2. The summed E-state index contributed by atoms with van der Waals surface area (Å²) in [5.41, 5.74) is -0.468. The molecular formula is C17H23N3O2S. The quantitative estimate of drug-likeness (QED) is 0.928. The molecule has 1 N–H and O–H groups in total. The van der Waals surface area contributed by atoms with Gasteiger partial charge < -0.3 is 15.0 Å². The minimum atomic E-state index is -0.468. The number of ether oxygens (including phenoxy) is 1. The molecule has 0 spiro atoms. The lowest BCUT2D eigenvalue weighted by Crippen LogP contribution is -2.42. The second-order valence-electron chi connectivity index (χ2n) is 6.87. The number of carbonyl (C=O) groups is 1. The third kappa shape index (κ3) is 3.75. The van der Waals surface area contributed by atoms with Crippen LogP contribution in [0.1, 0.15) is 33.6 Å². The Morgan fingerprint density at radius 2 is 2.22 bits per heavy atom. The molecule has 0 aliphatic carbocycles. The normalized spacial score (nSPS) is 18.4. The Morgan fingerprint density at radius 1 is 1.43 bits per heavy atom. The van der Waals surface area contributed by atoms with Crippen LogP contribution in [0.4, 0.5) is 10.6 Å². The van der Waals surface area contributed by atoms with Crippen LogP contribution in [-0.2, 0) is 4.74 Å². The van der Waals surface area contributed by atoms with E-state index >= 15 is 0 Å². The molecule has 0 radical (unpaired) electrons. The Labute approximate surface area is 140 Å². The number of carbonyl (C=O) groups excluding carboxylic acids is 1. The van der Waals surface area contributed by atoms with Crippen molar-refractivity contribution in [2.24, 2.45) is 0 Å². The van der Waals surface area contributed by atoms with Gasteiger partial charge in [-0.25, -0.2) is 4.79 Å². The van der Waals surface area contributed by atoms with E-state index in [-0.39, 0.29) is 12.1 Å². The molecule has 1 atom stereocenters. The molecule has 5 nitrogen and oxygen atoms in total. The van der Waals surface area contributed by atoms with E-state index in [2.05, 4.69) is 26.7 Å². The van der Waals surface area contributed by atoms with Crippen LogP contribution in [0.2, 0.25) is 0 Å². The minimum Gasteiger partial charge on any atom is -0.444 e. The second kappa shape index (κ2) is 6.35. The van der Waals surface area contributed by atoms with Crippen LogP contribution < -0.4 is 10.2 Å². The van der Waals surface area contributed by atoms with Gasteiger partial charge in [-0.2, -0.15) is 4.37 Å². The van der Waals surface area contributed by atoms with Crippen LogP contribution in [-0.4, -0.2) is 35.2 Å². The van der Waals surface area contributed by atoms with Crippen molar-refractivity contribution in [2.75, 3.05) is 18.0 Å². The number of nitrogens with zero attached hydrogens (tertiary/aromatic N) is 2. The van der Waals surface area contributed by atoms with E-state index in [1.807, 2.05) is 32.9 Å². The van der Waals surface area contributed by atoms with E-state index in [1.54, 1.807) is 0 Å². The number of benzene rings is 1. The van der Waals surface area contributed by atoms with Crippen molar-refractivity contribution >= 4 is 33.5 Å². The summed E-state index contributed by atoms with van der Waals surface area (Å²) in [7, 11) is 0. The third-order valence-corrected chi connectivity index (χ3v) is 4.71. The van der Waals surface area contributed by atoms with Crippen molar-refractivity contribution in [3.05, 3.63) is 24.3 Å². The highest BCUT2D eigenvalue weighted by atomic mass is 32.1. The number of aromatic nitrogens is 1. The minimum absolute atomic E-state index is 0.271. The summed E-state index contributed by atoms with van der Waals surface area (Å²) in [6, 6.07) is 8.57. The fourth-order valence-corrected chi connectivity index (χ4v) is 3.71. The maximum absolute atomic E-state index is 11.9. The number of amides is 1. The number of hydrogen-bond donors (Lipinski definition) is 1. The highest BCUT2D eigenvalue weighted by Gasteiger charge is 2.28. The maximum atomic E-state index is 11.9. The van der Waals surface area contributed by atoms with Crippen LogP contribution in [0.3, 0.4) is 0 Å². The van der Waals surface area contributed by atoms with Gasteiger partial charge in [0.1, 0.15) is 11.4 Å². The first-order valence-electron chi connectivity index (χ1n) is 8.02. The molecule has 124 valence electrons. The zero-order valence-corrected chi connectivity index (χ0v) is 14.7. The number of nitrogens with one attached hydrogen (secondary N) is 1. The predicted molar refractivity (Wildman–Crippen MR) is 94.2 cm³/mol. The molecule has 1 amide bonds. The molecule has 1 aromatic heterocycles. The van der Waals surface area contributed by atoms with Crippen molar-refractivity contribution in [3.63, 3.8) is 0 Å². The Bertz CT molecular complexity index is 692. The molecule has 23 heavy (non-hydrogen) atoms. The van der Waals surface area contributed by atoms with Gasteiger partial charge >= 0.3 is 6.09 Å². The van der Waals surface area contributed by atoms with Crippen molar-refractivity contribution in [3.8, 4) is 0 Å². The maximum Gasteiger partial charge on any atom is 0.407 e. The summed E-state index contributed by atoms with van der Waals surface area (Å²) >= 11 is 1.53. The number of fused-ring (bicyclic) bond motifs is 1. The fraction of sp³-hybridized carbons (Fsp3) is 0.529. The molecule has 3 rings (SSSR count). The van der Waals surface area contributed by atoms with Crippen molar-refractivity contribution in [1.82, 2.24) is 9.69 Å². The Hall–Kier alpha value is -1.82. The van der Waals surface area contributed by atoms with E-state index in [9.17, 15) is 4.79 Å². The van der Waals surface area contributed by atoms with Gasteiger partial charge in [0.05, 0.1) is 4.70 Å². The van der Waals surface area contributed by atoms with Crippen LogP contribution in [0, 0.1) is 0 Å². The molecule has 1 fully saturated rings. The Kier molecular flexibility index (Phi) is 4.43. The molecule has 2 aromatic rings. The van der Waals surface area contributed by atoms with Gasteiger partial charge in [-0.05, 0) is 57.3 Å². The van der Waals surface area contributed by atoms with Crippen LogP contribution >= 0.6 is 11.5 Å². The molecule has 0 bridgehead atoms. The lowest BCUT2D eigenvalue weighted by atomic mass is 10.2. The second-order valence-corrected chi connectivity index (χ2v) is 7.68. The molecule has 0 unspecified atom stereocenters. The van der Waals surface area contributed by atoms with Gasteiger partial charge in [-0.15, -0.1) is 0 Å². The zero-order chi connectivity index (χ0) is 16.4. The average molecular weight is 333 g/mol. The topological polar surface area (TPSA) is 54.5 Å². The third-order valence-electron chi connectivity index (χ3n) is 3.89. The van der Waals surface area contributed by atoms with Gasteiger partial charge in [0.25, 0.3) is 0 Å². The molecule has 1 aliphatic heterocycles. The smallest absolute Gasteiger partial charge is 0.407 e. The van der Waals surface area contributed by atoms with Gasteiger partial charge in [-0.3, -0.25) is 0 Å². The summed E-state index contributed by atoms with van der Waals surface area (Å²) in [6.45, 7) is 7.18. The zero-order valence-electron chi connectivity index (χ0n) is 13.8. The van der Waals surface area contributed by atoms with Gasteiger partial charge in [0.15, 0.2) is 0 Å². The summed E-state index contributed by atoms with van der Waals surface area (Å²) in [5.74, 6) is 1.04. The van der Waals surface area contributed by atoms with Gasteiger partial charge in [0.2, 0.25) is 0 Å². The van der Waals surface area contributed by atoms with Crippen molar-refractivity contribution in [1.29, 1.82) is 0 Å². The first-order chi connectivity index (χ1) is 10.9. The van der Waals surface area contributed by atoms with Crippen molar-refractivity contribution < 1.29 is 9.53 Å². The molecule has 1 saturated heterocycles. The highest BCUT2D eigenvalue weighted by molar-refractivity contribution is 7.13. The fourth-order valence-electron chi connectivity index (χ4n) is 2.92. The predicted octanol–water partition coefficient (Wildman–Crippen LogP) is 3.79. The number of anilines is 1. The summed E-state index contributed by atoms with van der Waals surface area (Å²) in [5, 5.41) is 4.09. The van der Waals surface area contributed by atoms with E-state index in [0.29, 0.717) is 6.54 Å². The first kappa shape index (κ1) is 16.1. The molecule has 0 saturated carbocycles. The molecule has 2 heterocycles. The van der Waals surface area contributed by atoms with E-state index in [4.69, 9.17) is 4.74 Å². The summed E-state index contributed by atoms with van der Waals surface area (Å²) in [6.07, 6.45) is 1.82. The average Bonchev–Trinajstić information content (AvgIpc) is 3.09. The van der Waals surface area contributed by atoms with Crippen LogP contribution in [0.15, 0.2) is 24.3 Å². The molecule has 6 heteroatoms. The monoisotopic (exact) mass is 333 g/mol. The van der Waals surface area contributed by atoms with Crippen LogP contribution in [0.5, 0.6) is 0 Å². The van der Waals surface area contributed by atoms with E-state index in [0.717, 1.165) is 25.2 Å². The molecule has 1 aliphatic rings. The van der Waals surface area contributed by atoms with Gasteiger partial charge in [0, 0.05) is 24.5 Å². The lowest BCUT2D eigenvalue weighted by Gasteiger charge is -2.26. The van der Waals surface area contributed by atoms with Gasteiger partial charge in [-0.1, -0.05) is 12.1 Å². The largest absolute Gasteiger partial charge is 0.444 e. The number of rotatable bonds is 3. The lowest BCUT2D eigenvalue weighted by molar-refractivity contribution is 0.0525. The number of hydrogen-bond acceptors (Lipinski definition) is 5. The van der Waals surface area contributed by atoms with E-state index < -0.39 is 5.60 Å². The Morgan fingerprint density at radius 3 is 3.00 bits per heavy atom. The SMILES string of the molecule is CC(C)(C)OC(=O)NC[C@H]1CCCN1c1nsc2ccccc12. The molecular weight excluding hydrogens is 310 g/mol. The first-order valence-corrected chi connectivity index (χ1v) is 8.79. The Balaban J connectivity index is 1.67. The standard InChI is InChI=1S/C17H23N3O2S/c1-17(2,3)22-16(21)18-11-12-7-6-10-20(12)15-13-8-4-5-9-14(13)23-19-15/h4-5,8-9,12H,6-7,10-11H2,1-3H3,(H,18,21)/t12-/m1/s1. The van der Waals surface area contributed by atoms with E-state index in [1.165, 1.54) is 21.6 Å².